The van der Waals surface area contributed by atoms with E-state index in [1.165, 1.54) is 0 Å². The highest BCUT2D eigenvalue weighted by atomic mass is 16.5. The molecule has 0 unspecified atom stereocenters. The third kappa shape index (κ3) is 3.88. The minimum atomic E-state index is -0.0765. The predicted octanol–water partition coefficient (Wildman–Crippen LogP) is 8.56. The zero-order valence-corrected chi connectivity index (χ0v) is 20.9. The first-order valence-corrected chi connectivity index (χ1v) is 12.7. The van der Waals surface area contributed by atoms with Crippen LogP contribution >= 0.6 is 0 Å². The summed E-state index contributed by atoms with van der Waals surface area (Å²) in [6, 6.07) is 41.6. The van der Waals surface area contributed by atoms with E-state index < -0.39 is 0 Å². The summed E-state index contributed by atoms with van der Waals surface area (Å²) in [6.45, 7) is 0. The molecule has 0 saturated carbocycles. The van der Waals surface area contributed by atoms with Crippen molar-refractivity contribution in [2.75, 3.05) is 0 Å². The van der Waals surface area contributed by atoms with Crippen LogP contribution in [-0.2, 0) is 4.74 Å². The van der Waals surface area contributed by atoms with E-state index in [2.05, 4.69) is 47.0 Å². The number of benzene rings is 5. The van der Waals surface area contributed by atoms with Gasteiger partial charge in [0.2, 0.25) is 11.8 Å². The van der Waals surface area contributed by atoms with Crippen LogP contribution in [0.15, 0.2) is 132 Å². The largest absolute Gasteiger partial charge is 0.455 e. The highest BCUT2D eigenvalue weighted by Crippen LogP contribution is 2.39. The maximum absolute atomic E-state index is 8.56. The average molecular weight is 506 g/mol. The monoisotopic (exact) mass is 505 g/mol. The van der Waals surface area contributed by atoms with Gasteiger partial charge < -0.3 is 13.7 Å². The summed E-state index contributed by atoms with van der Waals surface area (Å²) in [5.74, 6) is 0.702. The molecule has 2 aromatic heterocycles. The maximum Gasteiger partial charge on any atom is 0.221 e. The standard InChI is InChI=1S/C34H23N3O2/c35-33(23-12-5-2-6-13-23)39-34(36)25-14-9-15-26(20-25)37-28-17-8-7-16-27(28)31-29(37)19-18-24-21-30(38-32(24)31)22-10-3-1-4-11-22/h1-21,35-36H. The molecule has 0 spiro atoms. The molecule has 0 aliphatic heterocycles. The first kappa shape index (κ1) is 22.8. The fraction of sp³-hybridized carbons (Fsp3) is 0. The molecule has 7 rings (SSSR count). The van der Waals surface area contributed by atoms with Crippen LogP contribution in [0, 0.1) is 10.8 Å². The smallest absolute Gasteiger partial charge is 0.221 e. The Balaban J connectivity index is 1.35. The lowest BCUT2D eigenvalue weighted by atomic mass is 10.1. The van der Waals surface area contributed by atoms with Crippen LogP contribution in [0.3, 0.4) is 0 Å². The summed E-state index contributed by atoms with van der Waals surface area (Å²) < 4.78 is 14.3. The first-order chi connectivity index (χ1) is 19.2. The molecule has 0 fully saturated rings. The number of rotatable bonds is 4. The van der Waals surface area contributed by atoms with Crippen molar-refractivity contribution in [3.8, 4) is 17.0 Å². The van der Waals surface area contributed by atoms with Crippen LogP contribution < -0.4 is 0 Å². The van der Waals surface area contributed by atoms with Gasteiger partial charge in [0.05, 0.1) is 16.4 Å². The minimum Gasteiger partial charge on any atom is -0.455 e. The van der Waals surface area contributed by atoms with Crippen LogP contribution in [0.5, 0.6) is 0 Å². The summed E-state index contributed by atoms with van der Waals surface area (Å²) in [5, 5.41) is 20.0. The van der Waals surface area contributed by atoms with Gasteiger partial charge in [-0.1, -0.05) is 72.8 Å². The Bertz CT molecular complexity index is 2020. The summed E-state index contributed by atoms with van der Waals surface area (Å²) in [6.07, 6.45) is 0. The van der Waals surface area contributed by atoms with Gasteiger partial charge in [-0.15, -0.1) is 0 Å². The molecule has 2 heterocycles. The SMILES string of the molecule is N=C(OC(=N)c1cccc(-n2c3ccccc3c3c4oc(-c5ccccc5)cc4ccc32)c1)c1ccccc1. The van der Waals surface area contributed by atoms with Gasteiger partial charge in [-0.25, -0.2) is 0 Å². The summed E-state index contributed by atoms with van der Waals surface area (Å²) in [7, 11) is 0. The van der Waals surface area contributed by atoms with Crippen molar-refractivity contribution in [3.63, 3.8) is 0 Å². The van der Waals surface area contributed by atoms with E-state index in [-0.39, 0.29) is 11.8 Å². The Morgan fingerprint density at radius 3 is 2.13 bits per heavy atom. The molecule has 5 nitrogen and oxygen atoms in total. The van der Waals surface area contributed by atoms with Gasteiger partial charge in [0.25, 0.3) is 0 Å². The van der Waals surface area contributed by atoms with Crippen LogP contribution in [-0.4, -0.2) is 16.4 Å². The lowest BCUT2D eigenvalue weighted by Gasteiger charge is -2.12. The van der Waals surface area contributed by atoms with Gasteiger partial charge in [0, 0.05) is 33.2 Å². The number of ether oxygens (including phenoxy) is 1. The average Bonchev–Trinajstić information content (AvgIpc) is 3.57. The Morgan fingerprint density at radius 2 is 1.31 bits per heavy atom. The lowest BCUT2D eigenvalue weighted by molar-refractivity contribution is 0.538. The van der Waals surface area contributed by atoms with Crippen LogP contribution in [0.25, 0.3) is 49.8 Å². The van der Waals surface area contributed by atoms with Crippen molar-refractivity contribution in [1.29, 1.82) is 10.8 Å². The highest BCUT2D eigenvalue weighted by molar-refractivity contribution is 6.20. The van der Waals surface area contributed by atoms with Crippen molar-refractivity contribution in [3.05, 3.63) is 139 Å². The van der Waals surface area contributed by atoms with Gasteiger partial charge >= 0.3 is 0 Å². The third-order valence-corrected chi connectivity index (χ3v) is 6.98. The lowest BCUT2D eigenvalue weighted by Crippen LogP contribution is -2.13. The second-order valence-electron chi connectivity index (χ2n) is 9.38. The maximum atomic E-state index is 8.56. The number of hydrogen-bond acceptors (Lipinski definition) is 4. The quantitative estimate of drug-likeness (QED) is 0.186. The molecular formula is C34H23N3O2. The highest BCUT2D eigenvalue weighted by Gasteiger charge is 2.18. The van der Waals surface area contributed by atoms with Crippen LogP contribution in [0.4, 0.5) is 0 Å². The third-order valence-electron chi connectivity index (χ3n) is 6.98. The number of para-hydroxylation sites is 1. The van der Waals surface area contributed by atoms with E-state index in [9.17, 15) is 0 Å². The second-order valence-corrected chi connectivity index (χ2v) is 9.38. The van der Waals surface area contributed by atoms with Crippen molar-refractivity contribution in [2.24, 2.45) is 0 Å². The molecule has 0 amide bonds. The Kier molecular flexibility index (Phi) is 5.34. The number of fused-ring (bicyclic) bond motifs is 5. The normalized spacial score (nSPS) is 11.3. The van der Waals surface area contributed by atoms with E-state index in [1.54, 1.807) is 12.1 Å². The zero-order valence-electron chi connectivity index (χ0n) is 20.9. The zero-order chi connectivity index (χ0) is 26.3. The van der Waals surface area contributed by atoms with Gasteiger partial charge in [-0.05, 0) is 54.6 Å². The Labute approximate surface area is 224 Å². The van der Waals surface area contributed by atoms with E-state index in [0.717, 1.165) is 49.8 Å². The first-order valence-electron chi connectivity index (χ1n) is 12.7. The summed E-state index contributed by atoms with van der Waals surface area (Å²) in [5.41, 5.74) is 6.05. The van der Waals surface area contributed by atoms with Gasteiger partial charge in [0.1, 0.15) is 11.3 Å². The van der Waals surface area contributed by atoms with Crippen LogP contribution in [0.1, 0.15) is 11.1 Å². The van der Waals surface area contributed by atoms with Gasteiger partial charge in [0.15, 0.2) is 0 Å². The molecular weight excluding hydrogens is 482 g/mol. The summed E-state index contributed by atoms with van der Waals surface area (Å²) in [4.78, 5) is 0. The number of aromatic nitrogens is 1. The van der Waals surface area contributed by atoms with E-state index >= 15 is 0 Å². The number of nitrogens with zero attached hydrogens (tertiary/aromatic N) is 1. The number of furan rings is 1. The molecule has 0 bridgehead atoms. The number of nitrogens with one attached hydrogen (secondary N) is 2. The molecule has 5 heteroatoms. The van der Waals surface area contributed by atoms with E-state index in [0.29, 0.717) is 11.1 Å². The molecule has 2 N–H and O–H groups in total. The fourth-order valence-electron chi connectivity index (χ4n) is 5.17. The molecule has 5 aromatic carbocycles. The van der Waals surface area contributed by atoms with Gasteiger partial charge in [-0.3, -0.25) is 10.8 Å². The summed E-state index contributed by atoms with van der Waals surface area (Å²) >= 11 is 0. The van der Waals surface area contributed by atoms with E-state index in [1.807, 2.05) is 72.8 Å². The molecule has 0 aliphatic carbocycles. The van der Waals surface area contributed by atoms with Crippen LogP contribution in [0.2, 0.25) is 0 Å². The Hall–Kier alpha value is -5.42. The molecule has 0 saturated heterocycles. The molecule has 0 aliphatic rings. The Morgan fingerprint density at radius 1 is 0.615 bits per heavy atom. The topological polar surface area (TPSA) is 75.0 Å². The van der Waals surface area contributed by atoms with Crippen molar-refractivity contribution >= 4 is 44.6 Å². The fourth-order valence-corrected chi connectivity index (χ4v) is 5.17. The van der Waals surface area contributed by atoms with Gasteiger partial charge in [-0.2, -0.15) is 0 Å². The predicted molar refractivity (Wildman–Crippen MR) is 157 cm³/mol. The number of hydrogen-bond donors (Lipinski definition) is 2. The van der Waals surface area contributed by atoms with E-state index in [4.69, 9.17) is 20.0 Å². The van der Waals surface area contributed by atoms with Crippen molar-refractivity contribution < 1.29 is 9.15 Å². The molecule has 0 atom stereocenters. The second kappa shape index (κ2) is 9.15. The molecule has 186 valence electrons. The van der Waals surface area contributed by atoms with Crippen molar-refractivity contribution in [2.45, 2.75) is 0 Å². The molecule has 0 radical (unpaired) electrons. The minimum absolute atomic E-state index is 0.0581. The van der Waals surface area contributed by atoms with Crippen molar-refractivity contribution in [1.82, 2.24) is 4.57 Å². The molecule has 7 aromatic rings. The molecule has 39 heavy (non-hydrogen) atoms.